The maximum absolute atomic E-state index is 12.1. The number of hydrogen-bond acceptors (Lipinski definition) is 7. The van der Waals surface area contributed by atoms with Crippen molar-refractivity contribution < 1.29 is 18.7 Å². The van der Waals surface area contributed by atoms with Gasteiger partial charge in [-0.1, -0.05) is 0 Å². The summed E-state index contributed by atoms with van der Waals surface area (Å²) in [7, 11) is 0. The van der Waals surface area contributed by atoms with E-state index in [1.165, 1.54) is 11.3 Å². The number of fused-ring (bicyclic) bond motifs is 1. The van der Waals surface area contributed by atoms with Crippen LogP contribution < -0.4 is 20.5 Å². The molecule has 0 spiro atoms. The number of aromatic amines is 1. The van der Waals surface area contributed by atoms with Crippen molar-refractivity contribution in [1.82, 2.24) is 9.97 Å². The average molecular weight is 411 g/mol. The Morgan fingerprint density at radius 2 is 1.93 bits per heavy atom. The van der Waals surface area contributed by atoms with Crippen LogP contribution in [0.4, 0.5) is 5.13 Å². The molecule has 0 radical (unpaired) electrons. The lowest BCUT2D eigenvalue weighted by molar-refractivity contribution is -0.118. The van der Waals surface area contributed by atoms with Gasteiger partial charge < -0.3 is 13.9 Å². The third kappa shape index (κ3) is 4.46. The van der Waals surface area contributed by atoms with E-state index in [9.17, 15) is 9.59 Å². The number of amides is 1. The predicted molar refractivity (Wildman–Crippen MR) is 110 cm³/mol. The summed E-state index contributed by atoms with van der Waals surface area (Å²) in [5.74, 6) is 0.508. The summed E-state index contributed by atoms with van der Waals surface area (Å²) in [4.78, 5) is 30.4. The normalized spacial score (nSPS) is 10.8. The summed E-state index contributed by atoms with van der Waals surface area (Å²) in [6, 6.07) is 12.3. The Balaban J connectivity index is 1.36. The molecule has 0 aliphatic rings. The van der Waals surface area contributed by atoms with Crippen LogP contribution >= 0.6 is 11.3 Å². The summed E-state index contributed by atoms with van der Waals surface area (Å²) in [5, 5.41) is 5.00. The van der Waals surface area contributed by atoms with Crippen LogP contribution in [-0.4, -0.2) is 29.1 Å². The van der Waals surface area contributed by atoms with Crippen molar-refractivity contribution >= 4 is 33.5 Å². The van der Waals surface area contributed by atoms with Crippen molar-refractivity contribution in [3.8, 4) is 22.8 Å². The van der Waals surface area contributed by atoms with Crippen molar-refractivity contribution in [2.75, 3.05) is 18.5 Å². The molecule has 4 rings (SSSR count). The monoisotopic (exact) mass is 411 g/mol. The molecule has 2 aromatic heterocycles. The fraction of sp³-hybridized carbons (Fsp3) is 0.150. The zero-order chi connectivity index (χ0) is 20.2. The van der Waals surface area contributed by atoms with E-state index in [0.29, 0.717) is 34.3 Å². The van der Waals surface area contributed by atoms with Crippen molar-refractivity contribution in [2.45, 2.75) is 6.92 Å². The molecule has 0 unspecified atom stereocenters. The van der Waals surface area contributed by atoms with Gasteiger partial charge in [-0.3, -0.25) is 15.1 Å². The molecule has 4 aromatic rings. The minimum Gasteiger partial charge on any atom is -0.494 e. The van der Waals surface area contributed by atoms with E-state index in [2.05, 4.69) is 15.3 Å². The minimum absolute atomic E-state index is 0.134. The van der Waals surface area contributed by atoms with Crippen LogP contribution in [-0.2, 0) is 4.79 Å². The van der Waals surface area contributed by atoms with Gasteiger partial charge in [-0.25, -0.2) is 9.78 Å². The van der Waals surface area contributed by atoms with Gasteiger partial charge in [0.1, 0.15) is 11.5 Å². The third-order valence-corrected chi connectivity index (χ3v) is 4.73. The summed E-state index contributed by atoms with van der Waals surface area (Å²) in [5.41, 5.74) is 2.56. The van der Waals surface area contributed by atoms with Gasteiger partial charge >= 0.3 is 5.76 Å². The van der Waals surface area contributed by atoms with Crippen LogP contribution in [0.3, 0.4) is 0 Å². The van der Waals surface area contributed by atoms with Crippen molar-refractivity contribution in [3.05, 3.63) is 58.4 Å². The number of carbonyl (C=O) groups is 1. The number of hydrogen-bond donors (Lipinski definition) is 2. The zero-order valence-electron chi connectivity index (χ0n) is 15.4. The summed E-state index contributed by atoms with van der Waals surface area (Å²) in [6.45, 7) is 2.37. The first kappa shape index (κ1) is 18.8. The Kier molecular flexibility index (Phi) is 5.30. The zero-order valence-corrected chi connectivity index (χ0v) is 16.2. The van der Waals surface area contributed by atoms with E-state index in [0.717, 1.165) is 11.3 Å². The molecule has 0 bridgehead atoms. The highest BCUT2D eigenvalue weighted by Crippen LogP contribution is 2.27. The first-order valence-electron chi connectivity index (χ1n) is 8.85. The number of oxazole rings is 1. The SMILES string of the molecule is CCOc1ccc(OCC(=O)Nc2nc(-c3ccc4oc(=O)[nH]c4c3)cs2)cc1. The van der Waals surface area contributed by atoms with E-state index in [4.69, 9.17) is 13.9 Å². The van der Waals surface area contributed by atoms with Crippen molar-refractivity contribution in [2.24, 2.45) is 0 Å². The molecule has 8 nitrogen and oxygen atoms in total. The molecule has 0 aliphatic heterocycles. The second-order valence-electron chi connectivity index (χ2n) is 6.00. The molecule has 148 valence electrons. The summed E-state index contributed by atoms with van der Waals surface area (Å²) < 4.78 is 15.8. The van der Waals surface area contributed by atoms with Gasteiger partial charge in [-0.15, -0.1) is 11.3 Å². The summed E-state index contributed by atoms with van der Waals surface area (Å²) >= 11 is 1.30. The van der Waals surface area contributed by atoms with E-state index in [1.807, 2.05) is 12.3 Å². The number of ether oxygens (including phenoxy) is 2. The van der Waals surface area contributed by atoms with Crippen LogP contribution in [0.1, 0.15) is 6.92 Å². The number of carbonyl (C=O) groups excluding carboxylic acids is 1. The Hall–Kier alpha value is -3.59. The minimum atomic E-state index is -0.504. The standard InChI is InChI=1S/C20H17N3O5S/c1-2-26-13-4-6-14(7-5-13)27-10-18(24)23-19-21-16(11-29-19)12-3-8-17-15(9-12)22-20(25)28-17/h3-9,11H,2,10H2,1H3,(H,22,25)(H,21,23,24). The number of aromatic nitrogens is 2. The average Bonchev–Trinajstić information content (AvgIpc) is 3.32. The molecular formula is C20H17N3O5S. The van der Waals surface area contributed by atoms with E-state index in [1.54, 1.807) is 42.5 Å². The van der Waals surface area contributed by atoms with Crippen LogP contribution in [0.25, 0.3) is 22.4 Å². The molecule has 2 aromatic carbocycles. The van der Waals surface area contributed by atoms with Gasteiger partial charge in [0.25, 0.3) is 5.91 Å². The fourth-order valence-corrected chi connectivity index (χ4v) is 3.41. The maximum atomic E-state index is 12.1. The molecule has 29 heavy (non-hydrogen) atoms. The lowest BCUT2D eigenvalue weighted by Gasteiger charge is -2.07. The third-order valence-electron chi connectivity index (χ3n) is 3.97. The van der Waals surface area contributed by atoms with Gasteiger partial charge in [0.2, 0.25) is 0 Å². The molecule has 9 heteroatoms. The van der Waals surface area contributed by atoms with E-state index >= 15 is 0 Å². The quantitative estimate of drug-likeness (QED) is 0.481. The van der Waals surface area contributed by atoms with Crippen LogP contribution in [0, 0.1) is 0 Å². The first-order valence-corrected chi connectivity index (χ1v) is 9.73. The predicted octanol–water partition coefficient (Wildman–Crippen LogP) is 3.66. The van der Waals surface area contributed by atoms with Crippen LogP contribution in [0.15, 0.2) is 57.1 Å². The number of benzene rings is 2. The topological polar surface area (TPSA) is 106 Å². The maximum Gasteiger partial charge on any atom is 0.417 e. The van der Waals surface area contributed by atoms with E-state index < -0.39 is 5.76 Å². The van der Waals surface area contributed by atoms with Crippen molar-refractivity contribution in [3.63, 3.8) is 0 Å². The molecule has 1 amide bonds. The highest BCUT2D eigenvalue weighted by molar-refractivity contribution is 7.14. The van der Waals surface area contributed by atoms with Gasteiger partial charge in [0.15, 0.2) is 17.3 Å². The van der Waals surface area contributed by atoms with Crippen LogP contribution in [0.5, 0.6) is 11.5 Å². The number of anilines is 1. The second kappa shape index (κ2) is 8.19. The van der Waals surface area contributed by atoms with Crippen LogP contribution in [0.2, 0.25) is 0 Å². The molecule has 0 aliphatic carbocycles. The van der Waals surface area contributed by atoms with Crippen molar-refractivity contribution in [1.29, 1.82) is 0 Å². The number of H-pyrrole nitrogens is 1. The molecular weight excluding hydrogens is 394 g/mol. The lowest BCUT2D eigenvalue weighted by atomic mass is 10.1. The van der Waals surface area contributed by atoms with Gasteiger partial charge in [0.05, 0.1) is 17.8 Å². The molecule has 0 saturated heterocycles. The number of nitrogens with zero attached hydrogens (tertiary/aromatic N) is 1. The highest BCUT2D eigenvalue weighted by Gasteiger charge is 2.10. The molecule has 2 N–H and O–H groups in total. The Bertz CT molecular complexity index is 1190. The Morgan fingerprint density at radius 1 is 1.17 bits per heavy atom. The molecule has 0 atom stereocenters. The Labute approximate surface area is 169 Å². The Morgan fingerprint density at radius 3 is 2.69 bits per heavy atom. The summed E-state index contributed by atoms with van der Waals surface area (Å²) in [6.07, 6.45) is 0. The van der Waals surface area contributed by atoms with Gasteiger partial charge in [0, 0.05) is 10.9 Å². The second-order valence-corrected chi connectivity index (χ2v) is 6.86. The fourth-order valence-electron chi connectivity index (χ4n) is 2.68. The van der Waals surface area contributed by atoms with E-state index in [-0.39, 0.29) is 12.5 Å². The molecule has 0 fully saturated rings. The number of nitrogens with one attached hydrogen (secondary N) is 2. The highest BCUT2D eigenvalue weighted by atomic mass is 32.1. The number of rotatable bonds is 7. The first-order chi connectivity index (χ1) is 14.1. The number of thiazole rings is 1. The largest absolute Gasteiger partial charge is 0.494 e. The molecule has 2 heterocycles. The smallest absolute Gasteiger partial charge is 0.417 e. The molecule has 0 saturated carbocycles. The lowest BCUT2D eigenvalue weighted by Crippen LogP contribution is -2.20. The van der Waals surface area contributed by atoms with Gasteiger partial charge in [-0.2, -0.15) is 0 Å². The van der Waals surface area contributed by atoms with Gasteiger partial charge in [-0.05, 0) is 49.4 Å².